The summed E-state index contributed by atoms with van der Waals surface area (Å²) in [7, 11) is 0. The quantitative estimate of drug-likeness (QED) is 0.248. The Balaban J connectivity index is 1.40. The van der Waals surface area contributed by atoms with Gasteiger partial charge in [0.15, 0.2) is 5.82 Å². The van der Waals surface area contributed by atoms with E-state index in [1.807, 2.05) is 53.4 Å². The Kier molecular flexibility index (Phi) is 7.80. The maximum atomic E-state index is 12.4. The van der Waals surface area contributed by atoms with Crippen LogP contribution in [0.1, 0.15) is 56.8 Å². The molecule has 7 heteroatoms. The van der Waals surface area contributed by atoms with E-state index in [2.05, 4.69) is 35.5 Å². The lowest BCUT2D eigenvalue weighted by Crippen LogP contribution is -2.45. The fourth-order valence-electron chi connectivity index (χ4n) is 5.08. The van der Waals surface area contributed by atoms with Gasteiger partial charge < -0.3 is 20.5 Å². The van der Waals surface area contributed by atoms with E-state index in [-0.39, 0.29) is 5.91 Å². The van der Waals surface area contributed by atoms with Crippen molar-refractivity contribution in [2.24, 2.45) is 0 Å². The number of imidazole rings is 1. The first-order chi connectivity index (χ1) is 18.2. The van der Waals surface area contributed by atoms with Gasteiger partial charge in [-0.1, -0.05) is 57.0 Å². The first-order valence-corrected chi connectivity index (χ1v) is 13.5. The molecule has 0 radical (unpaired) electrons. The number of hydrogen-bond acceptors (Lipinski definition) is 5. The molecule has 0 atom stereocenters. The molecular weight excluding hydrogens is 460 g/mol. The van der Waals surface area contributed by atoms with Gasteiger partial charge in [0, 0.05) is 49.2 Å². The third kappa shape index (κ3) is 5.67. The predicted octanol–water partition coefficient (Wildman–Crippen LogP) is 5.98. The van der Waals surface area contributed by atoms with Crippen molar-refractivity contribution in [2.45, 2.75) is 45.4 Å². The minimum absolute atomic E-state index is 0.0611. The van der Waals surface area contributed by atoms with Crippen molar-refractivity contribution < 1.29 is 4.79 Å². The first-order valence-electron chi connectivity index (χ1n) is 13.5. The molecule has 1 amide bonds. The molecule has 3 heterocycles. The van der Waals surface area contributed by atoms with Crippen LogP contribution < -0.4 is 10.6 Å². The zero-order valence-corrected chi connectivity index (χ0v) is 21.8. The average Bonchev–Trinajstić information content (AvgIpc) is 3.39. The van der Waals surface area contributed by atoms with Gasteiger partial charge in [-0.15, -0.1) is 0 Å². The number of pyridine rings is 1. The van der Waals surface area contributed by atoms with Crippen molar-refractivity contribution in [2.75, 3.05) is 31.5 Å². The molecule has 7 nitrogen and oxygen atoms in total. The molecule has 37 heavy (non-hydrogen) atoms. The van der Waals surface area contributed by atoms with E-state index in [1.54, 1.807) is 6.08 Å². The number of hydrogen-bond donors (Lipinski definition) is 3. The van der Waals surface area contributed by atoms with Crippen molar-refractivity contribution in [3.05, 3.63) is 66.0 Å². The molecular formula is C30H36N6O. The zero-order chi connectivity index (χ0) is 25.6. The lowest BCUT2D eigenvalue weighted by atomic mass is 9.98. The third-order valence-electron chi connectivity index (χ3n) is 7.03. The summed E-state index contributed by atoms with van der Waals surface area (Å²) in [6, 6.07) is 16.2. The molecule has 192 valence electrons. The fraction of sp³-hybridized carbons (Fsp3) is 0.367. The SMILES string of the molecule is CCCC(CCC)c1nc2c([nH]1)c(Nc1ccc(/C=C/C(=O)N3CCNCC3)cc1)nc1ccccc12. The summed E-state index contributed by atoms with van der Waals surface area (Å²) in [6.45, 7) is 7.68. The molecule has 2 aromatic carbocycles. The Bertz CT molecular complexity index is 1380. The highest BCUT2D eigenvalue weighted by molar-refractivity contribution is 6.07. The average molecular weight is 497 g/mol. The number of anilines is 2. The standard InChI is InChI=1S/C30H36N6O/c1-3-7-22(8-4-2)29-34-27-24-9-5-6-10-25(24)33-30(28(27)35-29)32-23-14-11-21(12-15-23)13-16-26(37)36-19-17-31-18-20-36/h5-6,9-16,22,31H,3-4,7-8,17-20H2,1-2H3,(H,32,33)(H,34,35)/b16-13+. The Morgan fingerprint density at radius 2 is 1.76 bits per heavy atom. The number of rotatable bonds is 9. The Labute approximate surface area is 218 Å². The van der Waals surface area contributed by atoms with Gasteiger partial charge in [0.2, 0.25) is 5.91 Å². The van der Waals surface area contributed by atoms with E-state index >= 15 is 0 Å². The van der Waals surface area contributed by atoms with E-state index < -0.39 is 0 Å². The number of fused-ring (bicyclic) bond motifs is 3. The van der Waals surface area contributed by atoms with Crippen LogP contribution in [0.25, 0.3) is 28.0 Å². The minimum atomic E-state index is 0.0611. The maximum absolute atomic E-state index is 12.4. The molecule has 0 spiro atoms. The molecule has 4 aromatic rings. The lowest BCUT2D eigenvalue weighted by Gasteiger charge is -2.26. The molecule has 0 bridgehead atoms. The summed E-state index contributed by atoms with van der Waals surface area (Å²) in [5.41, 5.74) is 4.74. The fourth-order valence-corrected chi connectivity index (χ4v) is 5.08. The molecule has 0 aliphatic carbocycles. The lowest BCUT2D eigenvalue weighted by molar-refractivity contribution is -0.126. The van der Waals surface area contributed by atoms with E-state index in [0.29, 0.717) is 5.92 Å². The third-order valence-corrected chi connectivity index (χ3v) is 7.03. The van der Waals surface area contributed by atoms with Crippen molar-refractivity contribution in [3.8, 4) is 0 Å². The maximum Gasteiger partial charge on any atom is 0.246 e. The second-order valence-corrected chi connectivity index (χ2v) is 9.75. The molecule has 1 aliphatic heterocycles. The molecule has 1 aliphatic rings. The molecule has 0 unspecified atom stereocenters. The van der Waals surface area contributed by atoms with Gasteiger partial charge in [0.05, 0.1) is 5.52 Å². The van der Waals surface area contributed by atoms with E-state index in [9.17, 15) is 4.79 Å². The second kappa shape index (κ2) is 11.6. The Morgan fingerprint density at radius 3 is 2.49 bits per heavy atom. The number of para-hydroxylation sites is 1. The van der Waals surface area contributed by atoms with Crippen LogP contribution in [0.15, 0.2) is 54.6 Å². The van der Waals surface area contributed by atoms with Crippen LogP contribution in [-0.2, 0) is 4.79 Å². The number of H-pyrrole nitrogens is 1. The van der Waals surface area contributed by atoms with Crippen molar-refractivity contribution >= 4 is 45.4 Å². The predicted molar refractivity (Wildman–Crippen MR) is 152 cm³/mol. The topological polar surface area (TPSA) is 85.9 Å². The van der Waals surface area contributed by atoms with Crippen LogP contribution in [0.4, 0.5) is 11.5 Å². The summed E-state index contributed by atoms with van der Waals surface area (Å²) in [5, 5.41) is 7.84. The summed E-state index contributed by atoms with van der Waals surface area (Å²) in [4.78, 5) is 28.0. The highest BCUT2D eigenvalue weighted by atomic mass is 16.2. The Hall–Kier alpha value is -3.71. The number of nitrogens with one attached hydrogen (secondary N) is 3. The largest absolute Gasteiger partial charge is 0.339 e. The minimum Gasteiger partial charge on any atom is -0.339 e. The number of amides is 1. The van der Waals surface area contributed by atoms with E-state index in [0.717, 1.165) is 96.7 Å². The molecule has 0 saturated carbocycles. The first kappa shape index (κ1) is 25.0. The number of nitrogens with zero attached hydrogens (tertiary/aromatic N) is 3. The van der Waals surface area contributed by atoms with Gasteiger partial charge in [-0.2, -0.15) is 0 Å². The summed E-state index contributed by atoms with van der Waals surface area (Å²) >= 11 is 0. The normalized spacial score (nSPS) is 14.3. The van der Waals surface area contributed by atoms with Gasteiger partial charge in [-0.25, -0.2) is 9.97 Å². The van der Waals surface area contributed by atoms with Crippen molar-refractivity contribution in [1.82, 2.24) is 25.2 Å². The number of carbonyl (C=O) groups excluding carboxylic acids is 1. The van der Waals surface area contributed by atoms with Crippen molar-refractivity contribution in [3.63, 3.8) is 0 Å². The van der Waals surface area contributed by atoms with Crippen LogP contribution in [0.2, 0.25) is 0 Å². The van der Waals surface area contributed by atoms with Gasteiger partial charge in [-0.05, 0) is 42.7 Å². The van der Waals surface area contributed by atoms with Gasteiger partial charge in [-0.3, -0.25) is 4.79 Å². The smallest absolute Gasteiger partial charge is 0.246 e. The Morgan fingerprint density at radius 1 is 1.03 bits per heavy atom. The molecule has 3 N–H and O–H groups in total. The highest BCUT2D eigenvalue weighted by Gasteiger charge is 2.19. The monoisotopic (exact) mass is 496 g/mol. The number of piperazine rings is 1. The van der Waals surface area contributed by atoms with Gasteiger partial charge >= 0.3 is 0 Å². The number of aromatic nitrogens is 3. The van der Waals surface area contributed by atoms with Crippen LogP contribution in [0, 0.1) is 0 Å². The van der Waals surface area contributed by atoms with Crippen molar-refractivity contribution in [1.29, 1.82) is 0 Å². The molecule has 2 aromatic heterocycles. The number of carbonyl (C=O) groups is 1. The zero-order valence-electron chi connectivity index (χ0n) is 21.8. The van der Waals surface area contributed by atoms with E-state index in [4.69, 9.17) is 9.97 Å². The van der Waals surface area contributed by atoms with Crippen LogP contribution in [-0.4, -0.2) is 51.9 Å². The number of benzene rings is 2. The molecule has 1 fully saturated rings. The number of aromatic amines is 1. The summed E-state index contributed by atoms with van der Waals surface area (Å²) < 4.78 is 0. The summed E-state index contributed by atoms with van der Waals surface area (Å²) in [5.74, 6) is 2.31. The summed E-state index contributed by atoms with van der Waals surface area (Å²) in [6.07, 6.45) is 8.05. The van der Waals surface area contributed by atoms with Crippen LogP contribution in [0.5, 0.6) is 0 Å². The van der Waals surface area contributed by atoms with Crippen LogP contribution in [0.3, 0.4) is 0 Å². The van der Waals surface area contributed by atoms with E-state index in [1.165, 1.54) is 0 Å². The van der Waals surface area contributed by atoms with Gasteiger partial charge in [0.1, 0.15) is 16.9 Å². The van der Waals surface area contributed by atoms with Gasteiger partial charge in [0.25, 0.3) is 0 Å². The second-order valence-electron chi connectivity index (χ2n) is 9.75. The van der Waals surface area contributed by atoms with Crippen LogP contribution >= 0.6 is 0 Å². The highest BCUT2D eigenvalue weighted by Crippen LogP contribution is 2.33. The molecule has 5 rings (SSSR count). The molecule has 1 saturated heterocycles.